The molecule has 2 aromatic rings. The van der Waals surface area contributed by atoms with Gasteiger partial charge in [-0.05, 0) is 44.9 Å². The van der Waals surface area contributed by atoms with Gasteiger partial charge in [-0.25, -0.2) is 0 Å². The molecule has 3 atom stereocenters. The summed E-state index contributed by atoms with van der Waals surface area (Å²) in [5.41, 5.74) is 1.99. The number of aryl methyl sites for hydroxylation is 1. The quantitative estimate of drug-likeness (QED) is 0.819. The van der Waals surface area contributed by atoms with Gasteiger partial charge in [0.05, 0.1) is 6.10 Å². The predicted octanol–water partition coefficient (Wildman–Crippen LogP) is 3.39. The zero-order valence-corrected chi connectivity index (χ0v) is 14.4. The fraction of sp³-hybridized carbons (Fsp3) is 0.350. The molecule has 0 aliphatic rings. The summed E-state index contributed by atoms with van der Waals surface area (Å²) in [6, 6.07) is 16.9. The van der Waals surface area contributed by atoms with Crippen LogP contribution in [0.15, 0.2) is 54.6 Å². The third-order valence-corrected chi connectivity index (χ3v) is 3.85. The Kier molecular flexibility index (Phi) is 6.38. The molecule has 0 saturated carbocycles. The van der Waals surface area contributed by atoms with Crippen LogP contribution in [0.4, 0.5) is 0 Å². The lowest BCUT2D eigenvalue weighted by Gasteiger charge is -2.21. The standard InChI is InChI=1S/C20H25NO3/c1-14-9-11-18(12-10-14)24-16(3)20(23)21-15(2)13-19(22)17-7-5-4-6-8-17/h4-12,15-16,19,22H,13H2,1-3H3,(H,21,23). The molecule has 128 valence electrons. The number of ether oxygens (including phenoxy) is 1. The zero-order valence-electron chi connectivity index (χ0n) is 14.4. The molecule has 0 heterocycles. The lowest BCUT2D eigenvalue weighted by Crippen LogP contribution is -2.41. The summed E-state index contributed by atoms with van der Waals surface area (Å²) in [6.45, 7) is 5.60. The average molecular weight is 327 g/mol. The number of carbonyl (C=O) groups is 1. The fourth-order valence-electron chi connectivity index (χ4n) is 2.44. The SMILES string of the molecule is Cc1ccc(OC(C)C(=O)NC(C)CC(O)c2ccccc2)cc1. The Balaban J connectivity index is 1.83. The molecule has 0 aliphatic heterocycles. The van der Waals surface area contributed by atoms with Crippen LogP contribution in [0.2, 0.25) is 0 Å². The number of hydrogen-bond donors (Lipinski definition) is 2. The lowest BCUT2D eigenvalue weighted by molar-refractivity contribution is -0.128. The van der Waals surface area contributed by atoms with Crippen molar-refractivity contribution in [1.82, 2.24) is 5.32 Å². The van der Waals surface area contributed by atoms with E-state index in [9.17, 15) is 9.90 Å². The summed E-state index contributed by atoms with van der Waals surface area (Å²) in [5, 5.41) is 13.1. The maximum Gasteiger partial charge on any atom is 0.260 e. The maximum atomic E-state index is 12.2. The predicted molar refractivity (Wildman–Crippen MR) is 94.9 cm³/mol. The Labute approximate surface area is 143 Å². The normalized spacial score (nSPS) is 14.5. The fourth-order valence-corrected chi connectivity index (χ4v) is 2.44. The van der Waals surface area contributed by atoms with Crippen molar-refractivity contribution in [2.45, 2.75) is 45.4 Å². The van der Waals surface area contributed by atoms with E-state index in [0.717, 1.165) is 11.1 Å². The molecule has 0 spiro atoms. The summed E-state index contributed by atoms with van der Waals surface area (Å²) in [5.74, 6) is 0.476. The van der Waals surface area contributed by atoms with Gasteiger partial charge in [0.15, 0.2) is 6.10 Å². The molecule has 0 bridgehead atoms. The van der Waals surface area contributed by atoms with Crippen LogP contribution in [0.3, 0.4) is 0 Å². The Hall–Kier alpha value is -2.33. The molecular weight excluding hydrogens is 302 g/mol. The highest BCUT2D eigenvalue weighted by atomic mass is 16.5. The Morgan fingerprint density at radius 2 is 1.71 bits per heavy atom. The molecule has 2 rings (SSSR count). The van der Waals surface area contributed by atoms with Crippen molar-refractivity contribution in [3.05, 3.63) is 65.7 Å². The minimum atomic E-state index is -0.602. The van der Waals surface area contributed by atoms with E-state index < -0.39 is 12.2 Å². The molecule has 2 N–H and O–H groups in total. The highest BCUT2D eigenvalue weighted by Gasteiger charge is 2.19. The third-order valence-electron chi connectivity index (χ3n) is 3.85. The van der Waals surface area contributed by atoms with Crippen LogP contribution in [0.25, 0.3) is 0 Å². The molecule has 4 nitrogen and oxygen atoms in total. The van der Waals surface area contributed by atoms with Gasteiger partial charge in [-0.15, -0.1) is 0 Å². The van der Waals surface area contributed by atoms with Gasteiger partial charge in [-0.1, -0.05) is 48.0 Å². The molecule has 0 radical (unpaired) electrons. The number of rotatable bonds is 7. The largest absolute Gasteiger partial charge is 0.481 e. The van der Waals surface area contributed by atoms with Gasteiger partial charge in [0.2, 0.25) is 0 Å². The Morgan fingerprint density at radius 3 is 2.33 bits per heavy atom. The number of benzene rings is 2. The van der Waals surface area contributed by atoms with E-state index in [0.29, 0.717) is 12.2 Å². The summed E-state index contributed by atoms with van der Waals surface area (Å²) in [7, 11) is 0. The molecule has 3 unspecified atom stereocenters. The van der Waals surface area contributed by atoms with Gasteiger partial charge in [0.1, 0.15) is 5.75 Å². The van der Waals surface area contributed by atoms with E-state index in [1.54, 1.807) is 6.92 Å². The molecule has 0 aliphatic carbocycles. The minimum absolute atomic E-state index is 0.156. The molecule has 24 heavy (non-hydrogen) atoms. The summed E-state index contributed by atoms with van der Waals surface area (Å²) in [4.78, 5) is 12.2. The number of aliphatic hydroxyl groups is 1. The van der Waals surface area contributed by atoms with Crippen LogP contribution < -0.4 is 10.1 Å². The van der Waals surface area contributed by atoms with E-state index in [1.807, 2.05) is 68.4 Å². The van der Waals surface area contributed by atoms with Gasteiger partial charge in [0, 0.05) is 6.04 Å². The van der Waals surface area contributed by atoms with Gasteiger partial charge >= 0.3 is 0 Å². The Bertz CT molecular complexity index is 640. The average Bonchev–Trinajstić information content (AvgIpc) is 2.57. The van der Waals surface area contributed by atoms with E-state index in [1.165, 1.54) is 0 Å². The van der Waals surface area contributed by atoms with Gasteiger partial charge in [0.25, 0.3) is 5.91 Å². The topological polar surface area (TPSA) is 58.6 Å². The van der Waals surface area contributed by atoms with E-state index in [4.69, 9.17) is 4.74 Å². The minimum Gasteiger partial charge on any atom is -0.481 e. The van der Waals surface area contributed by atoms with Crippen LogP contribution in [-0.2, 0) is 4.79 Å². The van der Waals surface area contributed by atoms with Crippen LogP contribution >= 0.6 is 0 Å². The van der Waals surface area contributed by atoms with E-state index >= 15 is 0 Å². The molecule has 0 saturated heterocycles. The van der Waals surface area contributed by atoms with Crippen LogP contribution in [0, 0.1) is 6.92 Å². The van der Waals surface area contributed by atoms with Crippen molar-refractivity contribution >= 4 is 5.91 Å². The lowest BCUT2D eigenvalue weighted by atomic mass is 10.0. The first-order valence-corrected chi connectivity index (χ1v) is 8.22. The van der Waals surface area contributed by atoms with Gasteiger partial charge in [-0.2, -0.15) is 0 Å². The van der Waals surface area contributed by atoms with Gasteiger partial charge in [-0.3, -0.25) is 4.79 Å². The van der Waals surface area contributed by atoms with Crippen LogP contribution in [0.1, 0.15) is 37.5 Å². The number of amides is 1. The first-order chi connectivity index (χ1) is 11.5. The van der Waals surface area contributed by atoms with Crippen molar-refractivity contribution in [2.24, 2.45) is 0 Å². The van der Waals surface area contributed by atoms with E-state index in [-0.39, 0.29) is 11.9 Å². The number of aliphatic hydroxyl groups excluding tert-OH is 1. The molecule has 0 fully saturated rings. The van der Waals surface area contributed by atoms with Crippen molar-refractivity contribution in [3.8, 4) is 5.75 Å². The summed E-state index contributed by atoms with van der Waals surface area (Å²) in [6.07, 6.45) is -0.744. The second-order valence-electron chi connectivity index (χ2n) is 6.14. The number of hydrogen-bond acceptors (Lipinski definition) is 3. The molecule has 4 heteroatoms. The molecule has 0 aromatic heterocycles. The summed E-state index contributed by atoms with van der Waals surface area (Å²) < 4.78 is 5.65. The second kappa shape index (κ2) is 8.50. The van der Waals surface area contributed by atoms with Crippen molar-refractivity contribution in [2.75, 3.05) is 0 Å². The van der Waals surface area contributed by atoms with Gasteiger partial charge < -0.3 is 15.2 Å². The molecular formula is C20H25NO3. The maximum absolute atomic E-state index is 12.2. The zero-order chi connectivity index (χ0) is 17.5. The first kappa shape index (κ1) is 18.0. The molecule has 2 aromatic carbocycles. The van der Waals surface area contributed by atoms with Crippen molar-refractivity contribution < 1.29 is 14.6 Å². The monoisotopic (exact) mass is 327 g/mol. The smallest absolute Gasteiger partial charge is 0.260 e. The number of nitrogens with one attached hydrogen (secondary N) is 1. The summed E-state index contributed by atoms with van der Waals surface area (Å²) >= 11 is 0. The Morgan fingerprint density at radius 1 is 1.08 bits per heavy atom. The van der Waals surface area contributed by atoms with E-state index in [2.05, 4.69) is 5.32 Å². The third kappa shape index (κ3) is 5.39. The van der Waals surface area contributed by atoms with Crippen LogP contribution in [0.5, 0.6) is 5.75 Å². The number of carbonyl (C=O) groups excluding carboxylic acids is 1. The highest BCUT2D eigenvalue weighted by Crippen LogP contribution is 2.18. The first-order valence-electron chi connectivity index (χ1n) is 8.22. The highest BCUT2D eigenvalue weighted by molar-refractivity contribution is 5.80. The van der Waals surface area contributed by atoms with Crippen molar-refractivity contribution in [1.29, 1.82) is 0 Å². The van der Waals surface area contributed by atoms with Crippen LogP contribution in [-0.4, -0.2) is 23.2 Å². The van der Waals surface area contributed by atoms with Crippen molar-refractivity contribution in [3.63, 3.8) is 0 Å². The molecule has 1 amide bonds. The second-order valence-corrected chi connectivity index (χ2v) is 6.14.